The first-order valence-corrected chi connectivity index (χ1v) is 10.1. The highest BCUT2D eigenvalue weighted by Gasteiger charge is 2.48. The number of hydrogen-bond donors (Lipinski definition) is 0. The zero-order chi connectivity index (χ0) is 16.8. The first-order chi connectivity index (χ1) is 12.3. The maximum absolute atomic E-state index is 2.54. The number of rotatable bonds is 3. The Balaban J connectivity index is 1.29. The number of hydrogen-bond acceptors (Lipinski definition) is 0. The molecule has 0 heteroatoms. The zero-order valence-electron chi connectivity index (χ0n) is 15.1. The van der Waals surface area contributed by atoms with E-state index in [0.717, 1.165) is 35.5 Å². The number of allylic oxidation sites excluding steroid dienone is 2. The molecule has 2 fully saturated rings. The van der Waals surface area contributed by atoms with E-state index in [4.69, 9.17) is 0 Å². The van der Waals surface area contributed by atoms with Crippen LogP contribution in [0.2, 0.25) is 0 Å². The smallest absolute Gasteiger partial charge is 0.0131 e. The molecule has 0 spiro atoms. The molecule has 0 aliphatic heterocycles. The van der Waals surface area contributed by atoms with E-state index in [-0.39, 0.29) is 0 Å². The van der Waals surface area contributed by atoms with Gasteiger partial charge in [0.1, 0.15) is 0 Å². The van der Waals surface area contributed by atoms with E-state index in [1.807, 2.05) is 0 Å². The van der Waals surface area contributed by atoms with Crippen molar-refractivity contribution in [3.05, 3.63) is 72.3 Å². The van der Waals surface area contributed by atoms with Crippen LogP contribution in [0.5, 0.6) is 0 Å². The average Bonchev–Trinajstić information content (AvgIpc) is 3.38. The molecule has 0 saturated heterocycles. The summed E-state index contributed by atoms with van der Waals surface area (Å²) < 4.78 is 0. The molecule has 25 heavy (non-hydrogen) atoms. The first-order valence-electron chi connectivity index (χ1n) is 10.1. The van der Waals surface area contributed by atoms with Gasteiger partial charge in [-0.3, -0.25) is 0 Å². The normalized spacial score (nSPS) is 36.2. The largest absolute Gasteiger partial charge is 0.0854 e. The number of fused-ring (bicyclic) bond motifs is 2. The molecule has 2 aromatic rings. The molecule has 6 unspecified atom stereocenters. The molecule has 2 saturated carbocycles. The lowest BCUT2D eigenvalue weighted by molar-refractivity contribution is 0.236. The SMILES string of the molecule is CC1C=CC(C2CC3CC2CC3c2ccc(-c3ccccc3)cc2)C1. The summed E-state index contributed by atoms with van der Waals surface area (Å²) in [7, 11) is 0. The molecule has 0 amide bonds. The van der Waals surface area contributed by atoms with Gasteiger partial charge in [-0.15, -0.1) is 0 Å². The van der Waals surface area contributed by atoms with Crippen LogP contribution in [0.25, 0.3) is 11.1 Å². The summed E-state index contributed by atoms with van der Waals surface area (Å²) in [5.74, 6) is 5.39. The molecule has 2 aromatic carbocycles. The summed E-state index contributed by atoms with van der Waals surface area (Å²) >= 11 is 0. The molecular formula is C25H28. The molecule has 3 aliphatic rings. The second-order valence-corrected chi connectivity index (χ2v) is 8.75. The minimum atomic E-state index is 0.811. The predicted octanol–water partition coefficient (Wildman–Crippen LogP) is 6.70. The maximum atomic E-state index is 2.54. The zero-order valence-corrected chi connectivity index (χ0v) is 15.1. The summed E-state index contributed by atoms with van der Waals surface area (Å²) in [6, 6.07) is 20.2. The van der Waals surface area contributed by atoms with Gasteiger partial charge in [-0.1, -0.05) is 73.7 Å². The van der Waals surface area contributed by atoms with E-state index in [1.54, 1.807) is 5.56 Å². The fourth-order valence-electron chi connectivity index (χ4n) is 6.04. The summed E-state index contributed by atoms with van der Waals surface area (Å²) in [4.78, 5) is 0. The molecular weight excluding hydrogens is 300 g/mol. The standard InChI is InChI=1S/C25H28/c1-17-7-8-21(13-17)25-16-22-14-23(25)15-24(22)20-11-9-19(10-12-20)18-5-3-2-4-6-18/h2-12,17,21-25H,13-16H2,1H3. The van der Waals surface area contributed by atoms with E-state index in [0.29, 0.717) is 0 Å². The van der Waals surface area contributed by atoms with Crippen molar-refractivity contribution < 1.29 is 0 Å². The van der Waals surface area contributed by atoms with Crippen LogP contribution in [0.4, 0.5) is 0 Å². The fraction of sp³-hybridized carbons (Fsp3) is 0.440. The Morgan fingerprint density at radius 2 is 1.44 bits per heavy atom. The Morgan fingerprint density at radius 3 is 2.08 bits per heavy atom. The van der Waals surface area contributed by atoms with Crippen LogP contribution in [-0.2, 0) is 0 Å². The van der Waals surface area contributed by atoms with Crippen molar-refractivity contribution in [2.45, 2.75) is 38.5 Å². The summed E-state index contributed by atoms with van der Waals surface area (Å²) in [5.41, 5.74) is 4.25. The van der Waals surface area contributed by atoms with E-state index in [1.165, 1.54) is 36.8 Å². The van der Waals surface area contributed by atoms with Gasteiger partial charge in [0, 0.05) is 0 Å². The third-order valence-electron chi connectivity index (χ3n) is 7.24. The van der Waals surface area contributed by atoms with E-state index < -0.39 is 0 Å². The van der Waals surface area contributed by atoms with Crippen LogP contribution < -0.4 is 0 Å². The van der Waals surface area contributed by atoms with Gasteiger partial charge in [-0.05, 0) is 77.9 Å². The number of benzene rings is 2. The molecule has 5 rings (SSSR count). The highest BCUT2D eigenvalue weighted by Crippen LogP contribution is 2.59. The third kappa shape index (κ3) is 2.76. The fourth-order valence-corrected chi connectivity index (χ4v) is 6.04. The highest BCUT2D eigenvalue weighted by molar-refractivity contribution is 5.63. The lowest BCUT2D eigenvalue weighted by Gasteiger charge is -2.32. The Kier molecular flexibility index (Phi) is 3.81. The van der Waals surface area contributed by atoms with Crippen LogP contribution in [0.1, 0.15) is 44.1 Å². The average molecular weight is 328 g/mol. The monoisotopic (exact) mass is 328 g/mol. The van der Waals surface area contributed by atoms with Crippen LogP contribution >= 0.6 is 0 Å². The second-order valence-electron chi connectivity index (χ2n) is 8.75. The molecule has 6 atom stereocenters. The van der Waals surface area contributed by atoms with Gasteiger partial charge in [0.25, 0.3) is 0 Å². The van der Waals surface area contributed by atoms with Crippen molar-refractivity contribution in [3.63, 3.8) is 0 Å². The summed E-state index contributed by atoms with van der Waals surface area (Å²) in [6.45, 7) is 2.38. The van der Waals surface area contributed by atoms with Crippen LogP contribution in [-0.4, -0.2) is 0 Å². The summed E-state index contributed by atoms with van der Waals surface area (Å²) in [5, 5.41) is 0. The van der Waals surface area contributed by atoms with E-state index >= 15 is 0 Å². The lowest BCUT2D eigenvalue weighted by atomic mass is 9.73. The van der Waals surface area contributed by atoms with Crippen molar-refractivity contribution in [3.8, 4) is 11.1 Å². The molecule has 0 radical (unpaired) electrons. The van der Waals surface area contributed by atoms with Gasteiger partial charge < -0.3 is 0 Å². The molecule has 0 aromatic heterocycles. The predicted molar refractivity (Wildman–Crippen MR) is 105 cm³/mol. The van der Waals surface area contributed by atoms with Gasteiger partial charge >= 0.3 is 0 Å². The quantitative estimate of drug-likeness (QED) is 0.550. The van der Waals surface area contributed by atoms with Crippen molar-refractivity contribution in [2.24, 2.45) is 29.6 Å². The Morgan fingerprint density at radius 1 is 0.680 bits per heavy atom. The van der Waals surface area contributed by atoms with Gasteiger partial charge in [-0.2, -0.15) is 0 Å². The second kappa shape index (κ2) is 6.16. The minimum Gasteiger partial charge on any atom is -0.0854 e. The third-order valence-corrected chi connectivity index (χ3v) is 7.24. The van der Waals surface area contributed by atoms with E-state index in [2.05, 4.69) is 73.7 Å². The minimum absolute atomic E-state index is 0.811. The van der Waals surface area contributed by atoms with Gasteiger partial charge in [0.15, 0.2) is 0 Å². The van der Waals surface area contributed by atoms with Crippen LogP contribution in [0.15, 0.2) is 66.7 Å². The van der Waals surface area contributed by atoms with Crippen molar-refractivity contribution in [1.82, 2.24) is 0 Å². The first kappa shape index (κ1) is 15.4. The lowest BCUT2D eigenvalue weighted by Crippen LogP contribution is -2.22. The Bertz CT molecular complexity index is 754. The maximum Gasteiger partial charge on any atom is -0.0131 e. The molecule has 0 N–H and O–H groups in total. The van der Waals surface area contributed by atoms with Crippen molar-refractivity contribution >= 4 is 0 Å². The van der Waals surface area contributed by atoms with Gasteiger partial charge in [-0.25, -0.2) is 0 Å². The topological polar surface area (TPSA) is 0 Å². The summed E-state index contributed by atoms with van der Waals surface area (Å²) in [6.07, 6.45) is 10.8. The Labute approximate surface area is 152 Å². The molecule has 3 aliphatic carbocycles. The van der Waals surface area contributed by atoms with Crippen LogP contribution in [0, 0.1) is 29.6 Å². The highest BCUT2D eigenvalue weighted by atomic mass is 14.5. The van der Waals surface area contributed by atoms with Gasteiger partial charge in [0.2, 0.25) is 0 Å². The van der Waals surface area contributed by atoms with Gasteiger partial charge in [0.05, 0.1) is 0 Å². The van der Waals surface area contributed by atoms with Crippen molar-refractivity contribution in [2.75, 3.05) is 0 Å². The molecule has 0 nitrogen and oxygen atoms in total. The molecule has 0 heterocycles. The molecule has 2 bridgehead atoms. The van der Waals surface area contributed by atoms with Crippen LogP contribution in [0.3, 0.4) is 0 Å². The van der Waals surface area contributed by atoms with E-state index in [9.17, 15) is 0 Å². The Hall–Kier alpha value is -1.82. The van der Waals surface area contributed by atoms with Crippen molar-refractivity contribution in [1.29, 1.82) is 0 Å². The molecule has 128 valence electrons.